The number of rotatable bonds is 10. The van der Waals surface area contributed by atoms with Gasteiger partial charge in [0.05, 0.1) is 31.0 Å². The number of aromatic nitrogens is 6. The molecule has 29 heteroatoms. The Morgan fingerprint density at radius 1 is 0.923 bits per heavy atom. The molecule has 2 fully saturated rings. The molecule has 4 aromatic rings. The Bertz CT molecular complexity index is 2200. The van der Waals surface area contributed by atoms with Crippen molar-refractivity contribution >= 4 is 28.9 Å². The largest absolute Gasteiger partial charge is 0.490 e. The number of H-pyrrole nitrogens is 1. The van der Waals surface area contributed by atoms with Crippen LogP contribution in [0.5, 0.6) is 5.88 Å². The Kier molecular flexibility index (Phi) is 17.6. The molecule has 0 aromatic carbocycles. The predicted octanol–water partition coefficient (Wildman–Crippen LogP) is 5.92. The molecule has 2 aliphatic rings. The van der Waals surface area contributed by atoms with Crippen LogP contribution >= 0.6 is 0 Å². The number of carbonyl (C=O) groups is 3. The van der Waals surface area contributed by atoms with Crippen molar-refractivity contribution in [1.82, 2.24) is 39.9 Å². The zero-order chi connectivity index (χ0) is 49.1. The highest BCUT2D eigenvalue weighted by atomic mass is 19.4. The molecule has 65 heavy (non-hydrogen) atoms. The summed E-state index contributed by atoms with van der Waals surface area (Å²) in [7, 11) is 0. The number of aliphatic carboxylic acids is 3. The number of halogens is 12. The number of hydrogen-bond acceptors (Lipinski definition) is 12. The molecule has 0 spiro atoms. The van der Waals surface area contributed by atoms with Crippen LogP contribution in [0, 0.1) is 11.3 Å². The van der Waals surface area contributed by atoms with Crippen LogP contribution in [-0.2, 0) is 32.6 Å². The van der Waals surface area contributed by atoms with Gasteiger partial charge in [0.15, 0.2) is 0 Å². The van der Waals surface area contributed by atoms with E-state index in [1.807, 2.05) is 23.1 Å². The molecule has 5 heterocycles. The molecule has 1 aliphatic carbocycles. The van der Waals surface area contributed by atoms with Crippen molar-refractivity contribution in [2.24, 2.45) is 0 Å². The van der Waals surface area contributed by atoms with Gasteiger partial charge in [-0.1, -0.05) is 0 Å². The SMILES string of the molecule is C[C@@H](CO)NCc1cc(OC2CCC(N3CC(CC#N)(n4cc(-c5ncnc6[nH]ccc56)cn4)C3)CC2)nc(C(F)(F)F)c1.O=C(O)C(F)(F)F.O=C(O)C(F)(F)F.O=C(O)C(F)(F)F. The lowest BCUT2D eigenvalue weighted by Gasteiger charge is -2.53. The van der Waals surface area contributed by atoms with Crippen LogP contribution in [-0.4, -0.2) is 129 Å². The Morgan fingerprint density at radius 3 is 1.97 bits per heavy atom. The summed E-state index contributed by atoms with van der Waals surface area (Å²) in [6.07, 6.45) is -9.69. The van der Waals surface area contributed by atoms with Crippen LogP contribution in [0.3, 0.4) is 0 Å². The molecule has 1 saturated carbocycles. The van der Waals surface area contributed by atoms with Crippen LogP contribution in [0.25, 0.3) is 22.3 Å². The summed E-state index contributed by atoms with van der Waals surface area (Å²) >= 11 is 0. The molecule has 4 aromatic heterocycles. The predicted molar refractivity (Wildman–Crippen MR) is 195 cm³/mol. The molecule has 0 amide bonds. The van der Waals surface area contributed by atoms with Gasteiger partial charge in [-0.25, -0.2) is 29.3 Å². The number of hydrogen-bond donors (Lipinski definition) is 6. The third-order valence-corrected chi connectivity index (χ3v) is 9.35. The van der Waals surface area contributed by atoms with Crippen LogP contribution < -0.4 is 10.1 Å². The normalized spacial score (nSPS) is 17.9. The molecule has 358 valence electrons. The number of alkyl halides is 12. The van der Waals surface area contributed by atoms with Crippen molar-refractivity contribution < 1.29 is 92.2 Å². The molecule has 1 aliphatic heterocycles. The topological polar surface area (TPSA) is 253 Å². The van der Waals surface area contributed by atoms with E-state index in [2.05, 4.69) is 41.3 Å². The summed E-state index contributed by atoms with van der Waals surface area (Å²) in [6.45, 7) is 3.14. The Labute approximate surface area is 357 Å². The number of likely N-dealkylation sites (tertiary alicyclic amines) is 1. The zero-order valence-corrected chi connectivity index (χ0v) is 33.2. The molecule has 1 saturated heterocycles. The number of fused-ring (bicyclic) bond motifs is 1. The Balaban J connectivity index is 0.000000443. The van der Waals surface area contributed by atoms with Crippen molar-refractivity contribution in [1.29, 1.82) is 5.26 Å². The summed E-state index contributed by atoms with van der Waals surface area (Å²) in [6, 6.07) is 6.84. The number of nitrogens with one attached hydrogen (secondary N) is 2. The lowest BCUT2D eigenvalue weighted by atomic mass is 9.82. The van der Waals surface area contributed by atoms with Gasteiger partial charge in [-0.05, 0) is 50.3 Å². The number of nitriles is 1. The fourth-order valence-corrected chi connectivity index (χ4v) is 6.18. The number of carboxylic acid groups (broad SMARTS) is 3. The second-order valence-corrected chi connectivity index (χ2v) is 14.2. The van der Waals surface area contributed by atoms with Gasteiger partial charge in [-0.15, -0.1) is 0 Å². The molecule has 6 N–H and O–H groups in total. The van der Waals surface area contributed by atoms with Gasteiger partial charge in [-0.2, -0.15) is 63.0 Å². The molecule has 1 atom stereocenters. The number of ether oxygens (including phenoxy) is 1. The number of aliphatic hydroxyl groups is 1. The second kappa shape index (κ2) is 21.6. The minimum Gasteiger partial charge on any atom is -0.475 e. The molecule has 0 unspecified atom stereocenters. The summed E-state index contributed by atoms with van der Waals surface area (Å²) in [5.41, 5.74) is 1.34. The van der Waals surface area contributed by atoms with Crippen molar-refractivity contribution in [3.8, 4) is 23.2 Å². The molecular formula is C36H37F12N9O8. The average molecular weight is 952 g/mol. The van der Waals surface area contributed by atoms with Gasteiger partial charge in [0.1, 0.15) is 29.3 Å². The lowest BCUT2D eigenvalue weighted by molar-refractivity contribution is -0.193. The maximum atomic E-state index is 13.5. The monoisotopic (exact) mass is 951 g/mol. The van der Waals surface area contributed by atoms with E-state index in [9.17, 15) is 63.1 Å². The van der Waals surface area contributed by atoms with E-state index in [1.54, 1.807) is 13.1 Å². The van der Waals surface area contributed by atoms with E-state index >= 15 is 0 Å². The minimum absolute atomic E-state index is 0.0381. The molecular weight excluding hydrogens is 914 g/mol. The minimum atomic E-state index is -5.08. The van der Waals surface area contributed by atoms with Crippen LogP contribution in [0.2, 0.25) is 0 Å². The maximum absolute atomic E-state index is 13.5. The van der Waals surface area contributed by atoms with E-state index < -0.39 is 53.8 Å². The third-order valence-electron chi connectivity index (χ3n) is 9.35. The Hall–Kier alpha value is -6.28. The van der Waals surface area contributed by atoms with Crippen LogP contribution in [0.4, 0.5) is 52.7 Å². The molecule has 0 radical (unpaired) electrons. The van der Waals surface area contributed by atoms with Crippen molar-refractivity contribution in [3.05, 3.63) is 54.4 Å². The van der Waals surface area contributed by atoms with E-state index in [0.717, 1.165) is 41.2 Å². The summed E-state index contributed by atoms with van der Waals surface area (Å²) in [4.78, 5) is 44.6. The first-order valence-corrected chi connectivity index (χ1v) is 18.4. The van der Waals surface area contributed by atoms with E-state index in [-0.39, 0.29) is 37.2 Å². The van der Waals surface area contributed by atoms with Gasteiger partial charge < -0.3 is 35.5 Å². The average Bonchev–Trinajstić information content (AvgIpc) is 3.89. The standard InChI is InChI=1S/C30H34F3N9O2.3C2HF3O2/c1-19(15-43)36-12-20-10-25(30(31,32)33)40-26(11-20)44-23-4-2-22(3-5-23)41-16-29(17-41,7-8-34)42-14-21(13-39-42)27-24-6-9-35-28(24)38-18-37-27;3*3-2(4,5)1(6)7/h6,9-11,13-14,18-19,22-23,36,43H,2-5,7,12,15-17H2,1H3,(H,35,37,38);3*(H,6,7)/t19-,22?,23?;;;/m0.../s1. The van der Waals surface area contributed by atoms with E-state index in [0.29, 0.717) is 37.9 Å². The van der Waals surface area contributed by atoms with E-state index in [4.69, 9.17) is 34.4 Å². The van der Waals surface area contributed by atoms with Gasteiger partial charge >= 0.3 is 42.6 Å². The zero-order valence-electron chi connectivity index (χ0n) is 33.2. The third kappa shape index (κ3) is 15.4. The number of aliphatic hydroxyl groups excluding tert-OH is 1. The van der Waals surface area contributed by atoms with Gasteiger partial charge in [0, 0.05) is 61.1 Å². The van der Waals surface area contributed by atoms with Crippen molar-refractivity contribution in [3.63, 3.8) is 0 Å². The van der Waals surface area contributed by atoms with Crippen molar-refractivity contribution in [2.75, 3.05) is 19.7 Å². The summed E-state index contributed by atoms with van der Waals surface area (Å²) < 4.78 is 144. The Morgan fingerprint density at radius 2 is 1.48 bits per heavy atom. The number of carboxylic acids is 3. The highest BCUT2D eigenvalue weighted by Crippen LogP contribution is 2.39. The summed E-state index contributed by atoms with van der Waals surface area (Å²) in [5, 5.41) is 48.8. The maximum Gasteiger partial charge on any atom is 0.490 e. The molecule has 17 nitrogen and oxygen atoms in total. The fourth-order valence-electron chi connectivity index (χ4n) is 6.18. The lowest BCUT2D eigenvalue weighted by Crippen LogP contribution is -2.65. The van der Waals surface area contributed by atoms with E-state index in [1.165, 1.54) is 12.4 Å². The van der Waals surface area contributed by atoms with Gasteiger partial charge in [0.2, 0.25) is 5.88 Å². The number of pyridine rings is 1. The molecule has 0 bridgehead atoms. The number of aromatic amines is 1. The first kappa shape index (κ1) is 53.1. The fraction of sp³-hybridized carbons (Fsp3) is 0.500. The smallest absolute Gasteiger partial charge is 0.475 e. The van der Waals surface area contributed by atoms with Crippen LogP contribution in [0.1, 0.15) is 50.3 Å². The highest BCUT2D eigenvalue weighted by molar-refractivity contribution is 5.90. The van der Waals surface area contributed by atoms with Crippen LogP contribution in [0.15, 0.2) is 43.1 Å². The van der Waals surface area contributed by atoms with Gasteiger partial charge in [0.25, 0.3) is 0 Å². The highest BCUT2D eigenvalue weighted by Gasteiger charge is 2.48. The quantitative estimate of drug-likeness (QED) is 0.101. The first-order valence-electron chi connectivity index (χ1n) is 18.4. The van der Waals surface area contributed by atoms with Gasteiger partial charge in [-0.3, -0.25) is 9.58 Å². The van der Waals surface area contributed by atoms with Crippen molar-refractivity contribution in [2.45, 2.75) is 94.0 Å². The first-order chi connectivity index (χ1) is 30.0. The molecule has 6 rings (SSSR count). The number of nitrogens with zero attached hydrogens (tertiary/aromatic N) is 7. The summed E-state index contributed by atoms with van der Waals surface area (Å²) in [5.74, 6) is -8.31. The second-order valence-electron chi connectivity index (χ2n) is 14.2.